The summed E-state index contributed by atoms with van der Waals surface area (Å²) in [6.07, 6.45) is -4.67. The highest BCUT2D eigenvalue weighted by Crippen LogP contribution is 2.38. The lowest BCUT2D eigenvalue weighted by Gasteiger charge is -2.11. The number of aromatic nitrogens is 2. The van der Waals surface area contributed by atoms with E-state index in [1.165, 1.54) is 35.6 Å². The van der Waals surface area contributed by atoms with E-state index >= 15 is 0 Å². The summed E-state index contributed by atoms with van der Waals surface area (Å²) in [5.41, 5.74) is 0.325. The van der Waals surface area contributed by atoms with Gasteiger partial charge in [-0.2, -0.15) is 18.4 Å². The number of thiazole rings is 1. The number of fused-ring (bicyclic) bond motifs is 1. The van der Waals surface area contributed by atoms with Crippen molar-refractivity contribution in [2.45, 2.75) is 19.6 Å². The average Bonchev–Trinajstić information content (AvgIpc) is 3.24. The quantitative estimate of drug-likeness (QED) is 0.356. The lowest BCUT2D eigenvalue weighted by atomic mass is 10.0. The number of hydrogen-bond acceptors (Lipinski definition) is 3. The first-order valence-electron chi connectivity index (χ1n) is 8.68. The highest BCUT2D eigenvalue weighted by atomic mass is 32.1. The van der Waals surface area contributed by atoms with E-state index in [1.54, 1.807) is 22.9 Å². The predicted octanol–water partition coefficient (Wildman–Crippen LogP) is 6.29. The van der Waals surface area contributed by atoms with E-state index in [2.05, 4.69) is 4.98 Å². The molecule has 0 radical (unpaired) electrons. The Hall–Kier alpha value is -3.25. The van der Waals surface area contributed by atoms with Gasteiger partial charge in [-0.15, -0.1) is 11.3 Å². The van der Waals surface area contributed by atoms with Gasteiger partial charge < -0.3 is 4.57 Å². The van der Waals surface area contributed by atoms with Gasteiger partial charge in [-0.3, -0.25) is 0 Å². The van der Waals surface area contributed by atoms with Gasteiger partial charge in [0.25, 0.3) is 0 Å². The molecule has 0 atom stereocenters. The largest absolute Gasteiger partial charge is 0.418 e. The Labute approximate surface area is 171 Å². The molecule has 0 saturated carbocycles. The van der Waals surface area contributed by atoms with Crippen molar-refractivity contribution in [3.8, 4) is 16.6 Å². The maximum absolute atomic E-state index is 13.6. The lowest BCUT2D eigenvalue weighted by Crippen LogP contribution is -2.09. The lowest BCUT2D eigenvalue weighted by molar-refractivity contribution is -0.136. The molecule has 0 aliphatic heterocycles. The fourth-order valence-electron chi connectivity index (χ4n) is 3.43. The maximum atomic E-state index is 13.6. The zero-order valence-electron chi connectivity index (χ0n) is 15.4. The molecule has 152 valence electrons. The molecule has 3 nitrogen and oxygen atoms in total. The van der Waals surface area contributed by atoms with Gasteiger partial charge in [-0.1, -0.05) is 0 Å². The Morgan fingerprint density at radius 2 is 1.80 bits per heavy atom. The van der Waals surface area contributed by atoms with Crippen molar-refractivity contribution in [3.05, 3.63) is 75.9 Å². The van der Waals surface area contributed by atoms with Crippen LogP contribution in [0.4, 0.5) is 22.0 Å². The fraction of sp³-hybridized carbons (Fsp3) is 0.143. The molecule has 2 heterocycles. The van der Waals surface area contributed by atoms with Crippen LogP contribution in [0.1, 0.15) is 22.5 Å². The number of hydrogen-bond donors (Lipinski definition) is 0. The number of alkyl halides is 3. The third-order valence-corrected chi connectivity index (χ3v) is 5.62. The second-order valence-electron chi connectivity index (χ2n) is 6.70. The van der Waals surface area contributed by atoms with Crippen LogP contribution in [0.2, 0.25) is 0 Å². The molecule has 4 aromatic rings. The monoisotopic (exact) mass is 433 g/mol. The Kier molecular flexibility index (Phi) is 4.82. The highest BCUT2D eigenvalue weighted by Gasteiger charge is 2.36. The average molecular weight is 433 g/mol. The summed E-state index contributed by atoms with van der Waals surface area (Å²) in [7, 11) is 0. The standard InChI is InChI=1S/C21H12F5N3S/c1-11-4-17-18(3-2-12(8-27)19(17)21(24,25)26)29(11)9-16-10-30-20(28-16)13-5-14(22)7-15(23)6-13/h2-7,10H,9H2,1H3. The molecule has 4 rings (SSSR count). The molecule has 0 spiro atoms. The first-order chi connectivity index (χ1) is 14.2. The summed E-state index contributed by atoms with van der Waals surface area (Å²) in [6, 6.07) is 8.73. The van der Waals surface area contributed by atoms with Crippen LogP contribution in [-0.2, 0) is 12.7 Å². The second-order valence-corrected chi connectivity index (χ2v) is 7.56. The molecule has 0 aliphatic rings. The van der Waals surface area contributed by atoms with Gasteiger partial charge in [0, 0.05) is 33.6 Å². The number of aryl methyl sites for hydroxylation is 1. The van der Waals surface area contributed by atoms with E-state index in [9.17, 15) is 22.0 Å². The van der Waals surface area contributed by atoms with Gasteiger partial charge in [0.1, 0.15) is 16.6 Å². The van der Waals surface area contributed by atoms with Gasteiger partial charge in [0.2, 0.25) is 0 Å². The van der Waals surface area contributed by atoms with Gasteiger partial charge in [-0.05, 0) is 37.3 Å². The number of halogens is 5. The zero-order valence-corrected chi connectivity index (χ0v) is 16.2. The molecule has 2 aromatic heterocycles. The fourth-order valence-corrected chi connectivity index (χ4v) is 4.23. The van der Waals surface area contributed by atoms with Crippen molar-refractivity contribution in [3.63, 3.8) is 0 Å². The summed E-state index contributed by atoms with van der Waals surface area (Å²) in [6.45, 7) is 1.84. The number of rotatable bonds is 3. The third kappa shape index (κ3) is 3.55. The summed E-state index contributed by atoms with van der Waals surface area (Å²) in [4.78, 5) is 4.38. The Bertz CT molecular complexity index is 1290. The second kappa shape index (κ2) is 7.22. The molecule has 0 aliphatic carbocycles. The van der Waals surface area contributed by atoms with Crippen molar-refractivity contribution >= 4 is 22.2 Å². The van der Waals surface area contributed by atoms with E-state index in [0.717, 1.165) is 12.1 Å². The van der Waals surface area contributed by atoms with Crippen molar-refractivity contribution in [1.82, 2.24) is 9.55 Å². The summed E-state index contributed by atoms with van der Waals surface area (Å²) >= 11 is 1.19. The van der Waals surface area contributed by atoms with Crippen LogP contribution in [0.25, 0.3) is 21.5 Å². The summed E-state index contributed by atoms with van der Waals surface area (Å²) in [5.74, 6) is -1.44. The molecular weight excluding hydrogens is 421 g/mol. The molecule has 0 saturated heterocycles. The van der Waals surface area contributed by atoms with Crippen LogP contribution in [0, 0.1) is 29.9 Å². The highest BCUT2D eigenvalue weighted by molar-refractivity contribution is 7.13. The predicted molar refractivity (Wildman–Crippen MR) is 103 cm³/mol. The number of nitriles is 1. The third-order valence-electron chi connectivity index (χ3n) is 4.68. The van der Waals surface area contributed by atoms with Crippen LogP contribution in [0.3, 0.4) is 0 Å². The van der Waals surface area contributed by atoms with E-state index in [0.29, 0.717) is 21.9 Å². The van der Waals surface area contributed by atoms with Crippen molar-refractivity contribution in [2.24, 2.45) is 0 Å². The zero-order chi connectivity index (χ0) is 21.6. The van der Waals surface area contributed by atoms with Crippen molar-refractivity contribution in [2.75, 3.05) is 0 Å². The van der Waals surface area contributed by atoms with Crippen molar-refractivity contribution < 1.29 is 22.0 Å². The van der Waals surface area contributed by atoms with Crippen LogP contribution < -0.4 is 0 Å². The van der Waals surface area contributed by atoms with E-state index < -0.39 is 28.9 Å². The van der Waals surface area contributed by atoms with Crippen LogP contribution in [-0.4, -0.2) is 9.55 Å². The van der Waals surface area contributed by atoms with Crippen molar-refractivity contribution in [1.29, 1.82) is 5.26 Å². The van der Waals surface area contributed by atoms with E-state index in [4.69, 9.17) is 5.26 Å². The molecule has 0 bridgehead atoms. The molecule has 0 unspecified atom stereocenters. The topological polar surface area (TPSA) is 41.6 Å². The Morgan fingerprint density at radius 1 is 1.10 bits per heavy atom. The van der Waals surface area contributed by atoms with Gasteiger partial charge in [0.15, 0.2) is 0 Å². The smallest absolute Gasteiger partial charge is 0.339 e. The molecule has 0 amide bonds. The molecule has 30 heavy (non-hydrogen) atoms. The first-order valence-corrected chi connectivity index (χ1v) is 9.56. The van der Waals surface area contributed by atoms with Crippen LogP contribution in [0.15, 0.2) is 41.8 Å². The van der Waals surface area contributed by atoms with Gasteiger partial charge >= 0.3 is 6.18 Å². The SMILES string of the molecule is Cc1cc2c(C(F)(F)F)c(C#N)ccc2n1Cc1csc(-c2cc(F)cc(F)c2)n1. The number of nitrogens with zero attached hydrogens (tertiary/aromatic N) is 3. The number of benzene rings is 2. The molecule has 0 fully saturated rings. The van der Waals surface area contributed by atoms with E-state index in [-0.39, 0.29) is 17.5 Å². The minimum absolute atomic E-state index is 0.0540. The maximum Gasteiger partial charge on any atom is 0.418 e. The molecular formula is C21H12F5N3S. The van der Waals surface area contributed by atoms with E-state index in [1.807, 2.05) is 0 Å². The molecule has 2 aromatic carbocycles. The molecule has 0 N–H and O–H groups in total. The first kappa shape index (κ1) is 20.0. The Balaban J connectivity index is 1.76. The summed E-state index contributed by atoms with van der Waals surface area (Å²) < 4.78 is 69.3. The Morgan fingerprint density at radius 3 is 2.43 bits per heavy atom. The van der Waals surface area contributed by atoms with Gasteiger partial charge in [-0.25, -0.2) is 13.8 Å². The minimum atomic E-state index is -4.67. The minimum Gasteiger partial charge on any atom is -0.339 e. The van der Waals surface area contributed by atoms with Crippen LogP contribution in [0.5, 0.6) is 0 Å². The summed E-state index contributed by atoms with van der Waals surface area (Å²) in [5, 5.41) is 11.1. The normalized spacial score (nSPS) is 11.8. The molecule has 9 heteroatoms. The van der Waals surface area contributed by atoms with Crippen LogP contribution >= 0.6 is 11.3 Å². The van der Waals surface area contributed by atoms with Gasteiger partial charge in [0.05, 0.1) is 29.4 Å².